The summed E-state index contributed by atoms with van der Waals surface area (Å²) in [6.07, 6.45) is 4.61. The Balaban J connectivity index is 1.08. The van der Waals surface area contributed by atoms with Crippen molar-refractivity contribution in [1.82, 2.24) is 24.7 Å². The predicted molar refractivity (Wildman–Crippen MR) is 251 cm³/mol. The molecule has 13 nitrogen and oxygen atoms in total. The largest absolute Gasteiger partial charge is 0.491 e. The molecule has 15 heteroatoms. The van der Waals surface area contributed by atoms with Crippen LogP contribution >= 0.6 is 22.9 Å². The van der Waals surface area contributed by atoms with Crippen molar-refractivity contribution in [3.63, 3.8) is 0 Å². The van der Waals surface area contributed by atoms with Crippen molar-refractivity contribution in [1.29, 1.82) is 0 Å². The van der Waals surface area contributed by atoms with Gasteiger partial charge in [0.15, 0.2) is 5.78 Å². The summed E-state index contributed by atoms with van der Waals surface area (Å²) in [5.41, 5.74) is -0.212. The molecule has 1 aromatic carbocycles. The van der Waals surface area contributed by atoms with Crippen molar-refractivity contribution in [2.45, 2.75) is 111 Å². The van der Waals surface area contributed by atoms with E-state index in [9.17, 15) is 24.3 Å². The number of carbonyl (C=O) groups is 4. The molecule has 5 fully saturated rings. The van der Waals surface area contributed by atoms with Crippen molar-refractivity contribution in [3.8, 4) is 22.9 Å². The van der Waals surface area contributed by atoms with Crippen LogP contribution in [-0.2, 0) is 30.3 Å². The molecule has 1 N–H and O–H groups in total. The zero-order valence-corrected chi connectivity index (χ0v) is 40.4. The predicted octanol–water partition coefficient (Wildman–Crippen LogP) is 8.21. The van der Waals surface area contributed by atoms with Crippen LogP contribution in [0.15, 0.2) is 36.2 Å². The summed E-state index contributed by atoms with van der Waals surface area (Å²) in [5, 5.41) is 14.2. The molecule has 3 aromatic rings. The van der Waals surface area contributed by atoms with E-state index in [-0.39, 0.29) is 49.5 Å². The van der Waals surface area contributed by atoms with Gasteiger partial charge < -0.3 is 29.1 Å². The van der Waals surface area contributed by atoms with Crippen LogP contribution in [0.5, 0.6) is 11.5 Å². The number of Topliss-reactive ketones (excluding diaryl/α,β-unsaturated/α-hetero) is 1. The van der Waals surface area contributed by atoms with Crippen LogP contribution in [0, 0.1) is 40.4 Å². The number of halogens is 1. The van der Waals surface area contributed by atoms with Gasteiger partial charge in [-0.15, -0.1) is 17.9 Å². The van der Waals surface area contributed by atoms with Crippen molar-refractivity contribution >= 4 is 57.5 Å². The summed E-state index contributed by atoms with van der Waals surface area (Å²) < 4.78 is 19.1. The van der Waals surface area contributed by atoms with E-state index in [1.54, 1.807) is 17.4 Å². The molecule has 2 aliphatic heterocycles. The number of pyridine rings is 1. The highest BCUT2D eigenvalue weighted by Gasteiger charge is 2.61. The van der Waals surface area contributed by atoms with Gasteiger partial charge in [-0.1, -0.05) is 59.2 Å². The average Bonchev–Trinajstić information content (AvgIpc) is 3.93. The molecule has 3 aliphatic carbocycles. The Bertz CT molecular complexity index is 2280. The van der Waals surface area contributed by atoms with Gasteiger partial charge in [-0.2, -0.15) is 0 Å². The Labute approximate surface area is 392 Å². The summed E-state index contributed by atoms with van der Waals surface area (Å²) in [7, 11) is 0. The highest BCUT2D eigenvalue weighted by Crippen LogP contribution is 2.57. The maximum atomic E-state index is 14.9. The smallest absolute Gasteiger partial charge is 0.310 e. The zero-order chi connectivity index (χ0) is 46.4. The maximum Gasteiger partial charge on any atom is 0.310 e. The van der Waals surface area contributed by atoms with Crippen LogP contribution in [-0.4, -0.2) is 124 Å². The Kier molecular flexibility index (Phi) is 14.0. The standard InChI is InChI=1S/C50H66ClN5O8S/c1-8-32-25-50(32,48(60)61)26-40(57)39-22-34(27-56(39)47(59)36(49(5,6)7)23-44(58)64-33-20-30-19-31(30)21-33)63-42-24-37(38-28-65-43(52-38)18-29(3)4)53-46-35(42)10-11-41(45(46)51)62-17-16-55-14-12-54(9-2)13-15-55/h8,10-11,24,28-34,36,39H,1,9,12-23,25-27H2,2-7H3,(H,60,61)/t30-,31+,32-,33?,34-,36-,39+,50-/m1/s1. The fourth-order valence-corrected chi connectivity index (χ4v) is 11.6. The number of likely N-dealkylation sites (tertiary alicyclic amines) is 1. The third kappa shape index (κ3) is 10.6. The third-order valence-corrected chi connectivity index (χ3v) is 15.8. The summed E-state index contributed by atoms with van der Waals surface area (Å²) in [5.74, 6) is -0.676. The van der Waals surface area contributed by atoms with Crippen LogP contribution in [0.3, 0.4) is 0 Å². The molecule has 8 atom stereocenters. The first-order valence-electron chi connectivity index (χ1n) is 23.7. The second-order valence-electron chi connectivity index (χ2n) is 20.7. The number of carbonyl (C=O) groups excluding carboxylic acids is 3. The number of carboxylic acid groups (broad SMARTS) is 1. The van der Waals surface area contributed by atoms with Crippen molar-refractivity contribution in [2.75, 3.05) is 52.4 Å². The van der Waals surface area contributed by atoms with Gasteiger partial charge in [-0.3, -0.25) is 24.1 Å². The minimum absolute atomic E-state index is 0.0453. The van der Waals surface area contributed by atoms with Gasteiger partial charge >= 0.3 is 11.9 Å². The first-order valence-corrected chi connectivity index (χ1v) is 24.9. The lowest BCUT2D eigenvalue weighted by atomic mass is 9.77. The highest BCUT2D eigenvalue weighted by molar-refractivity contribution is 7.09. The fraction of sp³-hybridized carbons (Fsp3) is 0.640. The lowest BCUT2D eigenvalue weighted by Gasteiger charge is -2.35. The molecule has 3 saturated carbocycles. The number of benzene rings is 1. The molecular weight excluding hydrogens is 866 g/mol. The number of nitrogens with zero attached hydrogens (tertiary/aromatic N) is 5. The van der Waals surface area contributed by atoms with E-state index in [1.165, 1.54) is 11.3 Å². The molecule has 0 spiro atoms. The number of aromatic nitrogens is 2. The number of hydrogen-bond donors (Lipinski definition) is 1. The summed E-state index contributed by atoms with van der Waals surface area (Å²) in [6, 6.07) is 4.57. The number of esters is 1. The molecule has 0 radical (unpaired) electrons. The summed E-state index contributed by atoms with van der Waals surface area (Å²) in [6.45, 7) is 22.4. The number of allylic oxidation sites excluding steroid dienone is 1. The molecule has 8 rings (SSSR count). The topological polar surface area (TPSA) is 152 Å². The summed E-state index contributed by atoms with van der Waals surface area (Å²) in [4.78, 5) is 71.8. The minimum atomic E-state index is -1.26. The normalized spacial score (nSPS) is 27.1. The number of fused-ring (bicyclic) bond motifs is 2. The number of hydrogen-bond acceptors (Lipinski definition) is 12. The van der Waals surface area contributed by atoms with E-state index in [0.29, 0.717) is 69.6 Å². The van der Waals surface area contributed by atoms with Gasteiger partial charge in [-0.05, 0) is 73.4 Å². The van der Waals surface area contributed by atoms with Gasteiger partial charge in [0.25, 0.3) is 0 Å². The van der Waals surface area contributed by atoms with Gasteiger partial charge in [0.2, 0.25) is 5.91 Å². The van der Waals surface area contributed by atoms with E-state index in [2.05, 4.69) is 37.1 Å². The second kappa shape index (κ2) is 19.2. The number of carboxylic acids is 1. The Morgan fingerprint density at radius 1 is 1.00 bits per heavy atom. The SMILES string of the molecule is C=C[C@@H]1C[C@]1(CC(=O)[C@@H]1C[C@@H](Oc2cc(-c3csc(CC(C)C)n3)nc3c(Cl)c(OCCN4CCN(CC)CC4)ccc23)CN1C(=O)[C@@H](CC(=O)OC1C[C@@H]2C[C@@H]2C1)C(C)(C)C)C(=O)O. The van der Waals surface area contributed by atoms with E-state index < -0.39 is 40.8 Å². The van der Waals surface area contributed by atoms with Crippen molar-refractivity contribution in [2.24, 2.45) is 40.4 Å². The Morgan fingerprint density at radius 3 is 2.37 bits per heavy atom. The molecule has 65 heavy (non-hydrogen) atoms. The van der Waals surface area contributed by atoms with Crippen LogP contribution in [0.2, 0.25) is 5.02 Å². The molecule has 352 valence electrons. The first-order chi connectivity index (χ1) is 31.0. The van der Waals surface area contributed by atoms with Crippen LogP contribution < -0.4 is 9.47 Å². The number of piperazine rings is 1. The Morgan fingerprint density at radius 2 is 1.72 bits per heavy atom. The van der Waals surface area contributed by atoms with E-state index in [4.69, 9.17) is 35.8 Å². The number of rotatable bonds is 19. The van der Waals surface area contributed by atoms with Gasteiger partial charge in [0.1, 0.15) is 35.3 Å². The van der Waals surface area contributed by atoms with Crippen LogP contribution in [0.1, 0.15) is 91.5 Å². The molecule has 0 bridgehead atoms. The average molecular weight is 933 g/mol. The first kappa shape index (κ1) is 47.4. The molecule has 1 amide bonds. The van der Waals surface area contributed by atoms with Gasteiger partial charge in [0.05, 0.1) is 52.3 Å². The third-order valence-electron chi connectivity index (χ3n) is 14.6. The maximum absolute atomic E-state index is 14.9. The second-order valence-corrected chi connectivity index (χ2v) is 22.0. The minimum Gasteiger partial charge on any atom is -0.491 e. The Hall–Kier alpha value is -4.11. The van der Waals surface area contributed by atoms with Crippen molar-refractivity contribution < 1.29 is 38.5 Å². The van der Waals surface area contributed by atoms with Crippen LogP contribution in [0.25, 0.3) is 22.3 Å². The number of ketones is 1. The van der Waals surface area contributed by atoms with Crippen molar-refractivity contribution in [3.05, 3.63) is 46.3 Å². The monoisotopic (exact) mass is 931 g/mol. The molecule has 5 aliphatic rings. The van der Waals surface area contributed by atoms with E-state index in [1.807, 2.05) is 44.4 Å². The molecule has 1 unspecified atom stereocenters. The quantitative estimate of drug-likeness (QED) is 0.0912. The fourth-order valence-electron chi connectivity index (χ4n) is 10.4. The highest BCUT2D eigenvalue weighted by atomic mass is 35.5. The number of ether oxygens (including phenoxy) is 3. The summed E-state index contributed by atoms with van der Waals surface area (Å²) >= 11 is 8.75. The number of thiazole rings is 1. The van der Waals surface area contributed by atoms with Gasteiger partial charge in [-0.25, -0.2) is 9.97 Å². The number of amides is 1. The molecule has 4 heterocycles. The lowest BCUT2D eigenvalue weighted by molar-refractivity contribution is -0.157. The zero-order valence-electron chi connectivity index (χ0n) is 38.9. The molecule has 2 aromatic heterocycles. The van der Waals surface area contributed by atoms with Gasteiger partial charge in [0, 0.05) is 68.8 Å². The molecule has 2 saturated heterocycles. The number of likely N-dealkylation sites (N-methyl/N-ethyl adjacent to an activating group) is 1. The number of aliphatic carboxylic acids is 1. The lowest BCUT2D eigenvalue weighted by Crippen LogP contribution is -2.48. The molecular formula is C50H66ClN5O8S. The van der Waals surface area contributed by atoms with Crippen LogP contribution in [0.4, 0.5) is 0 Å². The van der Waals surface area contributed by atoms with E-state index in [0.717, 1.165) is 63.5 Å². The van der Waals surface area contributed by atoms with E-state index >= 15 is 0 Å².